The number of ether oxygens (including phenoxy) is 1. The van der Waals surface area contributed by atoms with Crippen LogP contribution in [0, 0.1) is 13.8 Å². The summed E-state index contributed by atoms with van der Waals surface area (Å²) in [6.07, 6.45) is 3.64. The average Bonchev–Trinajstić information content (AvgIpc) is 3.06. The maximum absolute atomic E-state index is 11.3. The van der Waals surface area contributed by atoms with Gasteiger partial charge in [-0.1, -0.05) is 6.07 Å². The first-order chi connectivity index (χ1) is 9.67. The van der Waals surface area contributed by atoms with Gasteiger partial charge in [-0.25, -0.2) is 4.68 Å². The average molecular weight is 270 g/mol. The molecule has 104 valence electrons. The number of benzene rings is 1. The molecule has 1 atom stereocenters. The molecule has 1 aliphatic rings. The van der Waals surface area contributed by atoms with Crippen LogP contribution in [-0.2, 0) is 4.74 Å². The minimum Gasteiger partial charge on any atom is -0.381 e. The third-order valence-corrected chi connectivity index (χ3v) is 3.69. The van der Waals surface area contributed by atoms with Gasteiger partial charge in [0.25, 0.3) is 0 Å². The van der Waals surface area contributed by atoms with Crippen molar-refractivity contribution in [3.63, 3.8) is 0 Å². The fourth-order valence-corrected chi connectivity index (χ4v) is 2.77. The second-order valence-corrected chi connectivity index (χ2v) is 5.44. The molecular weight excluding hydrogens is 252 g/mol. The number of hydrogen-bond donors (Lipinski definition) is 0. The van der Waals surface area contributed by atoms with Gasteiger partial charge in [-0.15, -0.1) is 0 Å². The SMILES string of the molecule is Cc1cc(C)cc(-n2cc(C=O)c(C3CCOC3)n2)c1. The van der Waals surface area contributed by atoms with E-state index in [-0.39, 0.29) is 5.92 Å². The lowest BCUT2D eigenvalue weighted by Gasteiger charge is -2.06. The summed E-state index contributed by atoms with van der Waals surface area (Å²) in [6.45, 7) is 5.53. The van der Waals surface area contributed by atoms with Gasteiger partial charge < -0.3 is 4.74 Å². The summed E-state index contributed by atoms with van der Waals surface area (Å²) in [5, 5.41) is 4.62. The molecule has 1 unspecified atom stereocenters. The molecule has 1 aromatic heterocycles. The molecule has 0 N–H and O–H groups in total. The summed E-state index contributed by atoms with van der Waals surface area (Å²) in [6, 6.07) is 6.27. The third kappa shape index (κ3) is 2.39. The first kappa shape index (κ1) is 13.1. The molecule has 2 aromatic rings. The summed E-state index contributed by atoms with van der Waals surface area (Å²) in [7, 11) is 0. The van der Waals surface area contributed by atoms with Crippen molar-refractivity contribution in [2.75, 3.05) is 13.2 Å². The van der Waals surface area contributed by atoms with Crippen molar-refractivity contribution in [2.45, 2.75) is 26.2 Å². The molecule has 2 heterocycles. The van der Waals surface area contributed by atoms with Crippen molar-refractivity contribution in [2.24, 2.45) is 0 Å². The van der Waals surface area contributed by atoms with E-state index in [4.69, 9.17) is 4.74 Å². The van der Waals surface area contributed by atoms with Crippen molar-refractivity contribution in [3.8, 4) is 5.69 Å². The zero-order valence-electron chi connectivity index (χ0n) is 11.8. The largest absolute Gasteiger partial charge is 0.381 e. The highest BCUT2D eigenvalue weighted by molar-refractivity contribution is 5.76. The van der Waals surface area contributed by atoms with E-state index < -0.39 is 0 Å². The molecule has 3 rings (SSSR count). The minimum atomic E-state index is 0.238. The van der Waals surface area contributed by atoms with Crippen LogP contribution in [0.25, 0.3) is 5.69 Å². The quantitative estimate of drug-likeness (QED) is 0.806. The molecule has 0 bridgehead atoms. The number of carbonyl (C=O) groups excluding carboxylic acids is 1. The van der Waals surface area contributed by atoms with E-state index in [0.29, 0.717) is 12.2 Å². The molecule has 4 heteroatoms. The number of aryl methyl sites for hydroxylation is 2. The molecule has 1 aromatic carbocycles. The Labute approximate surface area is 118 Å². The predicted octanol–water partition coefficient (Wildman–Crippen LogP) is 2.81. The van der Waals surface area contributed by atoms with Crippen molar-refractivity contribution < 1.29 is 9.53 Å². The van der Waals surface area contributed by atoms with E-state index in [9.17, 15) is 4.79 Å². The molecule has 20 heavy (non-hydrogen) atoms. The van der Waals surface area contributed by atoms with Gasteiger partial charge in [0.15, 0.2) is 6.29 Å². The third-order valence-electron chi connectivity index (χ3n) is 3.69. The predicted molar refractivity (Wildman–Crippen MR) is 76.6 cm³/mol. The van der Waals surface area contributed by atoms with Crippen LogP contribution >= 0.6 is 0 Å². The van der Waals surface area contributed by atoms with Crippen molar-refractivity contribution >= 4 is 6.29 Å². The number of rotatable bonds is 3. The van der Waals surface area contributed by atoms with Gasteiger partial charge in [-0.2, -0.15) is 5.10 Å². The van der Waals surface area contributed by atoms with Crippen molar-refractivity contribution in [1.82, 2.24) is 9.78 Å². The second kappa shape index (κ2) is 5.21. The highest BCUT2D eigenvalue weighted by Gasteiger charge is 2.24. The Morgan fingerprint density at radius 2 is 2.05 bits per heavy atom. The standard InChI is InChI=1S/C16H18N2O2/c1-11-5-12(2)7-15(6-11)18-8-14(9-19)16(17-18)13-3-4-20-10-13/h5-9,13H,3-4,10H2,1-2H3. The lowest BCUT2D eigenvalue weighted by Crippen LogP contribution is -2.03. The Kier molecular flexibility index (Phi) is 3.40. The second-order valence-electron chi connectivity index (χ2n) is 5.44. The van der Waals surface area contributed by atoms with Gasteiger partial charge in [0, 0.05) is 18.7 Å². The lowest BCUT2D eigenvalue weighted by atomic mass is 10.0. The molecule has 1 aliphatic heterocycles. The van der Waals surface area contributed by atoms with Crippen molar-refractivity contribution in [3.05, 3.63) is 46.8 Å². The summed E-state index contributed by atoms with van der Waals surface area (Å²) >= 11 is 0. The zero-order valence-corrected chi connectivity index (χ0v) is 11.8. The Bertz CT molecular complexity index is 620. The van der Waals surface area contributed by atoms with Gasteiger partial charge in [0.1, 0.15) is 0 Å². The first-order valence-electron chi connectivity index (χ1n) is 6.88. The molecule has 0 saturated carbocycles. The fourth-order valence-electron chi connectivity index (χ4n) is 2.77. The zero-order chi connectivity index (χ0) is 14.1. The highest BCUT2D eigenvalue weighted by Crippen LogP contribution is 2.27. The molecule has 0 aliphatic carbocycles. The van der Waals surface area contributed by atoms with Crippen LogP contribution < -0.4 is 0 Å². The van der Waals surface area contributed by atoms with Crippen LogP contribution in [0.5, 0.6) is 0 Å². The van der Waals surface area contributed by atoms with Crippen LogP contribution in [0.4, 0.5) is 0 Å². The van der Waals surface area contributed by atoms with Crippen LogP contribution in [-0.4, -0.2) is 29.3 Å². The summed E-state index contributed by atoms with van der Waals surface area (Å²) < 4.78 is 7.20. The molecular formula is C16H18N2O2. The molecule has 0 amide bonds. The van der Waals surface area contributed by atoms with E-state index in [1.807, 2.05) is 6.20 Å². The Morgan fingerprint density at radius 3 is 2.65 bits per heavy atom. The van der Waals surface area contributed by atoms with Gasteiger partial charge in [0.2, 0.25) is 0 Å². The normalized spacial score (nSPS) is 18.4. The maximum atomic E-state index is 11.3. The number of aldehydes is 1. The fraction of sp³-hybridized carbons (Fsp3) is 0.375. The number of carbonyl (C=O) groups is 1. The van der Waals surface area contributed by atoms with Gasteiger partial charge in [-0.05, 0) is 43.5 Å². The highest BCUT2D eigenvalue weighted by atomic mass is 16.5. The molecule has 0 spiro atoms. The number of hydrogen-bond acceptors (Lipinski definition) is 3. The Balaban J connectivity index is 2.03. The molecule has 1 saturated heterocycles. The van der Waals surface area contributed by atoms with Crippen LogP contribution in [0.3, 0.4) is 0 Å². The van der Waals surface area contributed by atoms with E-state index in [1.165, 1.54) is 11.1 Å². The minimum absolute atomic E-state index is 0.238. The Hall–Kier alpha value is -1.94. The van der Waals surface area contributed by atoms with E-state index in [2.05, 4.69) is 37.1 Å². The van der Waals surface area contributed by atoms with Gasteiger partial charge in [0.05, 0.1) is 23.6 Å². The van der Waals surface area contributed by atoms with E-state index >= 15 is 0 Å². The van der Waals surface area contributed by atoms with Crippen LogP contribution in [0.15, 0.2) is 24.4 Å². The first-order valence-corrected chi connectivity index (χ1v) is 6.88. The van der Waals surface area contributed by atoms with E-state index in [1.54, 1.807) is 4.68 Å². The topological polar surface area (TPSA) is 44.1 Å². The van der Waals surface area contributed by atoms with E-state index in [0.717, 1.165) is 30.7 Å². The monoisotopic (exact) mass is 270 g/mol. The number of aromatic nitrogens is 2. The Morgan fingerprint density at radius 1 is 1.30 bits per heavy atom. The maximum Gasteiger partial charge on any atom is 0.153 e. The molecule has 0 radical (unpaired) electrons. The van der Waals surface area contributed by atoms with Crippen molar-refractivity contribution in [1.29, 1.82) is 0 Å². The summed E-state index contributed by atoms with van der Waals surface area (Å²) in [4.78, 5) is 11.3. The van der Waals surface area contributed by atoms with Gasteiger partial charge >= 0.3 is 0 Å². The van der Waals surface area contributed by atoms with Crippen LogP contribution in [0.1, 0.15) is 39.5 Å². The molecule has 4 nitrogen and oxygen atoms in total. The molecule has 1 fully saturated rings. The van der Waals surface area contributed by atoms with Crippen LogP contribution in [0.2, 0.25) is 0 Å². The lowest BCUT2D eigenvalue weighted by molar-refractivity contribution is 0.112. The number of nitrogens with zero attached hydrogens (tertiary/aromatic N) is 2. The smallest absolute Gasteiger partial charge is 0.153 e. The summed E-state index contributed by atoms with van der Waals surface area (Å²) in [5.41, 5.74) is 4.90. The van der Waals surface area contributed by atoms with Gasteiger partial charge in [-0.3, -0.25) is 4.79 Å². The summed E-state index contributed by atoms with van der Waals surface area (Å²) in [5.74, 6) is 0.238.